The zero-order valence-electron chi connectivity index (χ0n) is 17.4. The molecule has 0 bridgehead atoms. The van der Waals surface area contributed by atoms with E-state index in [1.54, 1.807) is 18.2 Å². The van der Waals surface area contributed by atoms with Crippen LogP contribution in [0.5, 0.6) is 5.75 Å². The molecule has 1 aromatic heterocycles. The molecule has 164 valence electrons. The lowest BCUT2D eigenvalue weighted by Crippen LogP contribution is -2.16. The summed E-state index contributed by atoms with van der Waals surface area (Å²) < 4.78 is 38.6. The molecule has 0 radical (unpaired) electrons. The van der Waals surface area contributed by atoms with Gasteiger partial charge >= 0.3 is 0 Å². The molecule has 1 amide bonds. The number of nitrogens with one attached hydrogen (secondary N) is 2. The third-order valence-corrected chi connectivity index (χ3v) is 5.90. The van der Waals surface area contributed by atoms with Crippen molar-refractivity contribution in [3.8, 4) is 5.75 Å². The molecule has 8 nitrogen and oxygen atoms in total. The fourth-order valence-corrected chi connectivity index (χ4v) is 3.92. The maximum atomic E-state index is 12.9. The summed E-state index contributed by atoms with van der Waals surface area (Å²) in [5, 5.41) is 6.79. The van der Waals surface area contributed by atoms with Crippen LogP contribution in [0.15, 0.2) is 57.9 Å². The van der Waals surface area contributed by atoms with Gasteiger partial charge in [-0.3, -0.25) is 9.52 Å². The van der Waals surface area contributed by atoms with Gasteiger partial charge in [0, 0.05) is 22.1 Å². The predicted octanol–water partition coefficient (Wildman–Crippen LogP) is 4.69. The maximum absolute atomic E-state index is 12.9. The lowest BCUT2D eigenvalue weighted by molar-refractivity contribution is 0.102. The number of benzene rings is 2. The van der Waals surface area contributed by atoms with Crippen molar-refractivity contribution in [2.24, 2.45) is 0 Å². The topological polar surface area (TPSA) is 111 Å². The van der Waals surface area contributed by atoms with E-state index in [1.165, 1.54) is 37.4 Å². The first-order chi connectivity index (χ1) is 14.5. The van der Waals surface area contributed by atoms with Crippen LogP contribution < -0.4 is 14.8 Å². The zero-order valence-corrected chi connectivity index (χ0v) is 19.0. The highest BCUT2D eigenvalue weighted by Gasteiger charge is 2.22. The summed E-state index contributed by atoms with van der Waals surface area (Å²) in [6, 6.07) is 11.8. The van der Waals surface area contributed by atoms with E-state index >= 15 is 0 Å². The number of carbonyl (C=O) groups is 1. The van der Waals surface area contributed by atoms with Gasteiger partial charge in [-0.2, -0.15) is 0 Å². The van der Waals surface area contributed by atoms with Crippen LogP contribution in [0.2, 0.25) is 5.02 Å². The Morgan fingerprint density at radius 2 is 1.87 bits per heavy atom. The lowest BCUT2D eigenvalue weighted by atomic mass is 9.93. The number of carbonyl (C=O) groups excluding carboxylic acids is 1. The van der Waals surface area contributed by atoms with Crippen LogP contribution in [0, 0.1) is 0 Å². The third kappa shape index (κ3) is 5.36. The minimum absolute atomic E-state index is 0.0993. The Bertz CT molecular complexity index is 1220. The van der Waals surface area contributed by atoms with Crippen molar-refractivity contribution in [2.45, 2.75) is 31.1 Å². The molecule has 3 rings (SSSR count). The number of sulfonamides is 1. The van der Waals surface area contributed by atoms with Gasteiger partial charge in [0.2, 0.25) is 0 Å². The molecule has 31 heavy (non-hydrogen) atoms. The molecule has 0 saturated carbocycles. The van der Waals surface area contributed by atoms with E-state index in [0.717, 1.165) is 0 Å². The second-order valence-electron chi connectivity index (χ2n) is 7.76. The van der Waals surface area contributed by atoms with Gasteiger partial charge in [-0.25, -0.2) is 8.42 Å². The van der Waals surface area contributed by atoms with Gasteiger partial charge < -0.3 is 14.6 Å². The van der Waals surface area contributed by atoms with Gasteiger partial charge in [0.1, 0.15) is 11.5 Å². The lowest BCUT2D eigenvalue weighted by Gasteiger charge is -2.13. The molecule has 2 N–H and O–H groups in total. The number of anilines is 2. The highest BCUT2D eigenvalue weighted by atomic mass is 35.5. The standard InChI is InChI=1S/C21H22ClN3O5S/c1-21(2,3)18-12-19(24-30-18)23-20(26)13-6-5-7-15(10-13)31(27,28)25-16-11-14(22)8-9-17(16)29-4/h5-12,25H,1-4H3,(H,23,24,26). The van der Waals surface area contributed by atoms with Crippen LogP contribution >= 0.6 is 11.6 Å². The summed E-state index contributed by atoms with van der Waals surface area (Å²) in [5.74, 6) is 0.637. The number of hydrogen-bond donors (Lipinski definition) is 2. The molecule has 1 heterocycles. The first-order valence-electron chi connectivity index (χ1n) is 9.24. The van der Waals surface area contributed by atoms with E-state index in [2.05, 4.69) is 15.2 Å². The highest BCUT2D eigenvalue weighted by Crippen LogP contribution is 2.30. The summed E-state index contributed by atoms with van der Waals surface area (Å²) in [6.45, 7) is 5.86. The second-order valence-corrected chi connectivity index (χ2v) is 9.88. The average molecular weight is 464 g/mol. The van der Waals surface area contributed by atoms with E-state index in [0.29, 0.717) is 16.5 Å². The number of halogens is 1. The second kappa shape index (κ2) is 8.60. The number of nitrogens with zero attached hydrogens (tertiary/aromatic N) is 1. The van der Waals surface area contributed by atoms with Crippen LogP contribution in [0.25, 0.3) is 0 Å². The summed E-state index contributed by atoms with van der Waals surface area (Å²) in [5.41, 5.74) is 0.0558. The van der Waals surface area contributed by atoms with Crippen LogP contribution in [0.1, 0.15) is 36.9 Å². The Labute approximate surface area is 185 Å². The van der Waals surface area contributed by atoms with E-state index in [-0.39, 0.29) is 27.4 Å². The molecular weight excluding hydrogens is 442 g/mol. The molecule has 0 unspecified atom stereocenters. The number of amides is 1. The van der Waals surface area contributed by atoms with Crippen molar-refractivity contribution in [1.29, 1.82) is 0 Å². The largest absolute Gasteiger partial charge is 0.495 e. The maximum Gasteiger partial charge on any atom is 0.262 e. The van der Waals surface area contributed by atoms with Crippen LogP contribution in [-0.4, -0.2) is 26.6 Å². The van der Waals surface area contributed by atoms with Crippen molar-refractivity contribution in [1.82, 2.24) is 5.16 Å². The molecule has 0 fully saturated rings. The summed E-state index contributed by atoms with van der Waals surface area (Å²) >= 11 is 5.97. The van der Waals surface area contributed by atoms with Gasteiger partial charge in [-0.05, 0) is 36.4 Å². The summed E-state index contributed by atoms with van der Waals surface area (Å²) in [6.07, 6.45) is 0. The fourth-order valence-electron chi connectivity index (χ4n) is 2.64. The smallest absolute Gasteiger partial charge is 0.262 e. The number of ether oxygens (including phenoxy) is 1. The molecule has 0 aliphatic rings. The normalized spacial score (nSPS) is 11.8. The first kappa shape index (κ1) is 22.6. The number of methoxy groups -OCH3 is 1. The van der Waals surface area contributed by atoms with Crippen LogP contribution in [-0.2, 0) is 15.4 Å². The number of aromatic nitrogens is 1. The summed E-state index contributed by atoms with van der Waals surface area (Å²) in [4.78, 5) is 12.5. The Morgan fingerprint density at radius 1 is 1.13 bits per heavy atom. The molecule has 0 saturated heterocycles. The quantitative estimate of drug-likeness (QED) is 0.548. The van der Waals surface area contributed by atoms with Crippen molar-refractivity contribution >= 4 is 39.0 Å². The SMILES string of the molecule is COc1ccc(Cl)cc1NS(=O)(=O)c1cccc(C(=O)Nc2cc(C(C)(C)C)on2)c1. The van der Waals surface area contributed by atoms with E-state index < -0.39 is 15.9 Å². The molecule has 3 aromatic rings. The Morgan fingerprint density at radius 3 is 2.52 bits per heavy atom. The Hall–Kier alpha value is -3.04. The van der Waals surface area contributed by atoms with Gasteiger partial charge in [0.05, 0.1) is 17.7 Å². The molecule has 0 spiro atoms. The van der Waals surface area contributed by atoms with Gasteiger partial charge in [-0.1, -0.05) is 43.6 Å². The van der Waals surface area contributed by atoms with E-state index in [9.17, 15) is 13.2 Å². The van der Waals surface area contributed by atoms with E-state index in [4.69, 9.17) is 20.9 Å². The fraction of sp³-hybridized carbons (Fsp3) is 0.238. The van der Waals surface area contributed by atoms with Crippen LogP contribution in [0.3, 0.4) is 0 Å². The molecule has 0 aliphatic heterocycles. The average Bonchev–Trinajstić information content (AvgIpc) is 3.17. The van der Waals surface area contributed by atoms with Crippen LogP contribution in [0.4, 0.5) is 11.5 Å². The Balaban J connectivity index is 1.83. The minimum atomic E-state index is -4.01. The predicted molar refractivity (Wildman–Crippen MR) is 118 cm³/mol. The zero-order chi connectivity index (χ0) is 22.8. The highest BCUT2D eigenvalue weighted by molar-refractivity contribution is 7.92. The van der Waals surface area contributed by atoms with Gasteiger partial charge in [-0.15, -0.1) is 0 Å². The third-order valence-electron chi connectivity index (χ3n) is 4.30. The van der Waals surface area contributed by atoms with Crippen molar-refractivity contribution < 1.29 is 22.5 Å². The number of rotatable bonds is 6. The number of hydrogen-bond acceptors (Lipinski definition) is 6. The summed E-state index contributed by atoms with van der Waals surface area (Å²) in [7, 11) is -2.59. The van der Waals surface area contributed by atoms with Gasteiger partial charge in [0.25, 0.3) is 15.9 Å². The Kier molecular flexibility index (Phi) is 6.28. The first-order valence-corrected chi connectivity index (χ1v) is 11.1. The van der Waals surface area contributed by atoms with Crippen molar-refractivity contribution in [2.75, 3.05) is 17.1 Å². The van der Waals surface area contributed by atoms with Gasteiger partial charge in [0.15, 0.2) is 5.82 Å². The molecule has 10 heteroatoms. The minimum Gasteiger partial charge on any atom is -0.495 e. The molecular formula is C21H22ClN3O5S. The van der Waals surface area contributed by atoms with Crippen molar-refractivity contribution in [3.63, 3.8) is 0 Å². The van der Waals surface area contributed by atoms with E-state index in [1.807, 2.05) is 20.8 Å². The van der Waals surface area contributed by atoms with Crippen molar-refractivity contribution in [3.05, 3.63) is 64.9 Å². The molecule has 0 atom stereocenters. The molecule has 0 aliphatic carbocycles. The monoisotopic (exact) mass is 463 g/mol. The molecule has 2 aromatic carbocycles.